The molecule has 1 aromatic rings. The van der Waals surface area contributed by atoms with Crippen LogP contribution in [-0.4, -0.2) is 6.04 Å². The molecule has 1 atom stereocenters. The Balaban J connectivity index is 2.80. The second-order valence-corrected chi connectivity index (χ2v) is 3.84. The molecule has 14 heavy (non-hydrogen) atoms. The number of hydrogen-bond acceptors (Lipinski definition) is 2. The van der Waals surface area contributed by atoms with Gasteiger partial charge in [0.25, 0.3) is 0 Å². The van der Waals surface area contributed by atoms with E-state index >= 15 is 0 Å². The fourth-order valence-corrected chi connectivity index (χ4v) is 1.43. The number of nitrogens with two attached hydrogens (primary N) is 1. The molecule has 0 heterocycles. The molecule has 0 aliphatic heterocycles. The molecule has 0 aromatic heterocycles. The first kappa shape index (κ1) is 11.0. The Morgan fingerprint density at radius 3 is 2.86 bits per heavy atom. The number of halogens is 1. The van der Waals surface area contributed by atoms with Crippen LogP contribution in [0.4, 0.5) is 0 Å². The zero-order chi connectivity index (χ0) is 10.6. The molecule has 0 radical (unpaired) electrons. The molecular weight excluding hydrogens is 196 g/mol. The predicted molar refractivity (Wildman–Crippen MR) is 58.1 cm³/mol. The van der Waals surface area contributed by atoms with Crippen LogP contribution in [0.5, 0.6) is 0 Å². The molecule has 2 nitrogen and oxygen atoms in total. The van der Waals surface area contributed by atoms with Crippen molar-refractivity contribution in [3.8, 4) is 6.07 Å². The highest BCUT2D eigenvalue weighted by Crippen LogP contribution is 2.19. The Hall–Kier alpha value is -1.04. The number of hydrogen-bond donors (Lipinski definition) is 1. The third-order valence-electron chi connectivity index (χ3n) is 2.04. The number of benzene rings is 1. The summed E-state index contributed by atoms with van der Waals surface area (Å²) in [7, 11) is 0. The van der Waals surface area contributed by atoms with Gasteiger partial charge in [-0.1, -0.05) is 11.6 Å². The molecule has 0 saturated carbocycles. The van der Waals surface area contributed by atoms with Gasteiger partial charge in [0, 0.05) is 11.1 Å². The molecule has 1 unspecified atom stereocenters. The van der Waals surface area contributed by atoms with Crippen molar-refractivity contribution in [1.82, 2.24) is 0 Å². The van der Waals surface area contributed by atoms with E-state index in [1.165, 1.54) is 0 Å². The van der Waals surface area contributed by atoms with Crippen LogP contribution in [-0.2, 0) is 6.42 Å². The Bertz CT molecular complexity index is 353. The van der Waals surface area contributed by atoms with Gasteiger partial charge in [-0.3, -0.25) is 0 Å². The van der Waals surface area contributed by atoms with Gasteiger partial charge in [-0.25, -0.2) is 0 Å². The Morgan fingerprint density at radius 2 is 2.29 bits per heavy atom. The van der Waals surface area contributed by atoms with Crippen molar-refractivity contribution in [3.05, 3.63) is 34.3 Å². The fraction of sp³-hybridized carbons (Fsp3) is 0.364. The van der Waals surface area contributed by atoms with Gasteiger partial charge < -0.3 is 5.73 Å². The standard InChI is InChI=1S/C11H13ClN2/c1-8(14)2-4-10-6-9(7-13)3-5-11(10)12/h3,5-6,8H,2,4,14H2,1H3. The summed E-state index contributed by atoms with van der Waals surface area (Å²) in [5, 5.41) is 9.43. The van der Waals surface area contributed by atoms with Crippen molar-refractivity contribution in [3.63, 3.8) is 0 Å². The highest BCUT2D eigenvalue weighted by Gasteiger charge is 2.03. The maximum atomic E-state index is 8.71. The van der Waals surface area contributed by atoms with Crippen LogP contribution >= 0.6 is 11.6 Å². The summed E-state index contributed by atoms with van der Waals surface area (Å²) in [6.07, 6.45) is 1.71. The van der Waals surface area contributed by atoms with E-state index in [1.54, 1.807) is 12.1 Å². The van der Waals surface area contributed by atoms with E-state index < -0.39 is 0 Å². The molecule has 0 bridgehead atoms. The number of nitrogens with zero attached hydrogens (tertiary/aromatic N) is 1. The highest BCUT2D eigenvalue weighted by atomic mass is 35.5. The Labute approximate surface area is 89.3 Å². The van der Waals surface area contributed by atoms with Crippen LogP contribution in [0.25, 0.3) is 0 Å². The average Bonchev–Trinajstić information content (AvgIpc) is 2.16. The largest absolute Gasteiger partial charge is 0.328 e. The van der Waals surface area contributed by atoms with Crippen LogP contribution in [0.3, 0.4) is 0 Å². The molecule has 0 aliphatic carbocycles. The molecule has 1 rings (SSSR count). The van der Waals surface area contributed by atoms with Crippen molar-refractivity contribution in [2.75, 3.05) is 0 Å². The van der Waals surface area contributed by atoms with Crippen LogP contribution in [0, 0.1) is 11.3 Å². The van der Waals surface area contributed by atoms with Crippen molar-refractivity contribution in [2.45, 2.75) is 25.8 Å². The van der Waals surface area contributed by atoms with Crippen LogP contribution in [0.2, 0.25) is 5.02 Å². The summed E-state index contributed by atoms with van der Waals surface area (Å²) in [6, 6.07) is 7.56. The molecule has 0 fully saturated rings. The first-order valence-corrected chi connectivity index (χ1v) is 4.95. The minimum Gasteiger partial charge on any atom is -0.328 e. The monoisotopic (exact) mass is 208 g/mol. The molecule has 0 spiro atoms. The van der Waals surface area contributed by atoms with E-state index in [0.29, 0.717) is 10.6 Å². The smallest absolute Gasteiger partial charge is 0.0991 e. The topological polar surface area (TPSA) is 49.8 Å². The second-order valence-electron chi connectivity index (χ2n) is 3.43. The lowest BCUT2D eigenvalue weighted by Gasteiger charge is -2.06. The van der Waals surface area contributed by atoms with Crippen LogP contribution in [0.1, 0.15) is 24.5 Å². The lowest BCUT2D eigenvalue weighted by atomic mass is 10.0. The van der Waals surface area contributed by atoms with E-state index in [9.17, 15) is 0 Å². The molecule has 0 amide bonds. The summed E-state index contributed by atoms with van der Waals surface area (Å²) in [5.41, 5.74) is 7.30. The van der Waals surface area contributed by atoms with Crippen molar-refractivity contribution < 1.29 is 0 Å². The lowest BCUT2D eigenvalue weighted by molar-refractivity contribution is 0.666. The van der Waals surface area contributed by atoms with Gasteiger partial charge in [0.15, 0.2) is 0 Å². The molecule has 0 saturated heterocycles. The second kappa shape index (κ2) is 4.99. The summed E-state index contributed by atoms with van der Waals surface area (Å²) >= 11 is 5.99. The SMILES string of the molecule is CC(N)CCc1cc(C#N)ccc1Cl. The van der Waals surface area contributed by atoms with E-state index in [0.717, 1.165) is 18.4 Å². The molecule has 1 aromatic carbocycles. The number of aryl methyl sites for hydroxylation is 1. The van der Waals surface area contributed by atoms with Crippen LogP contribution in [0.15, 0.2) is 18.2 Å². The molecule has 0 aliphatic rings. The summed E-state index contributed by atoms with van der Waals surface area (Å²) in [4.78, 5) is 0. The quantitative estimate of drug-likeness (QED) is 0.830. The van der Waals surface area contributed by atoms with Gasteiger partial charge in [0.05, 0.1) is 11.6 Å². The van der Waals surface area contributed by atoms with Gasteiger partial charge in [-0.15, -0.1) is 0 Å². The maximum absolute atomic E-state index is 8.71. The van der Waals surface area contributed by atoms with Crippen molar-refractivity contribution >= 4 is 11.6 Å². The van der Waals surface area contributed by atoms with Gasteiger partial charge in [0.1, 0.15) is 0 Å². The fourth-order valence-electron chi connectivity index (χ4n) is 1.22. The van der Waals surface area contributed by atoms with E-state index in [4.69, 9.17) is 22.6 Å². The zero-order valence-corrected chi connectivity index (χ0v) is 8.88. The molecule has 74 valence electrons. The van der Waals surface area contributed by atoms with Gasteiger partial charge in [-0.2, -0.15) is 5.26 Å². The Kier molecular flexibility index (Phi) is 3.94. The van der Waals surface area contributed by atoms with Crippen LogP contribution < -0.4 is 5.73 Å². The van der Waals surface area contributed by atoms with Gasteiger partial charge >= 0.3 is 0 Å². The lowest BCUT2D eigenvalue weighted by Crippen LogP contribution is -2.15. The first-order valence-electron chi connectivity index (χ1n) is 4.57. The minimum atomic E-state index is 0.164. The number of nitriles is 1. The highest BCUT2D eigenvalue weighted by molar-refractivity contribution is 6.31. The minimum absolute atomic E-state index is 0.164. The summed E-state index contributed by atoms with van der Waals surface area (Å²) < 4.78 is 0. The number of rotatable bonds is 3. The van der Waals surface area contributed by atoms with E-state index in [2.05, 4.69) is 6.07 Å². The maximum Gasteiger partial charge on any atom is 0.0991 e. The first-order chi connectivity index (χ1) is 6.63. The third-order valence-corrected chi connectivity index (χ3v) is 2.41. The van der Waals surface area contributed by atoms with Crippen molar-refractivity contribution in [1.29, 1.82) is 5.26 Å². The normalized spacial score (nSPS) is 12.1. The Morgan fingerprint density at radius 1 is 1.57 bits per heavy atom. The summed E-state index contributed by atoms with van der Waals surface area (Å²) in [6.45, 7) is 1.96. The van der Waals surface area contributed by atoms with Crippen molar-refractivity contribution in [2.24, 2.45) is 5.73 Å². The third kappa shape index (κ3) is 3.02. The molecule has 3 heteroatoms. The van der Waals surface area contributed by atoms with Gasteiger partial charge in [0.2, 0.25) is 0 Å². The zero-order valence-electron chi connectivity index (χ0n) is 8.13. The molecule has 2 N–H and O–H groups in total. The summed E-state index contributed by atoms with van der Waals surface area (Å²) in [5.74, 6) is 0. The predicted octanol–water partition coefficient (Wildman–Crippen LogP) is 2.49. The van der Waals surface area contributed by atoms with E-state index in [1.807, 2.05) is 13.0 Å². The van der Waals surface area contributed by atoms with E-state index in [-0.39, 0.29) is 6.04 Å². The average molecular weight is 209 g/mol. The van der Waals surface area contributed by atoms with Gasteiger partial charge in [-0.05, 0) is 43.5 Å². The molecular formula is C11H13ClN2.